The molecule has 0 amide bonds. The summed E-state index contributed by atoms with van der Waals surface area (Å²) >= 11 is -2.04. The molecule has 0 radical (unpaired) electrons. The van der Waals surface area contributed by atoms with Crippen molar-refractivity contribution in [3.05, 3.63) is 18.2 Å². The first kappa shape index (κ1) is 16.1. The van der Waals surface area contributed by atoms with Crippen molar-refractivity contribution in [1.29, 1.82) is 0 Å². The molecule has 1 aromatic carbocycles. The van der Waals surface area contributed by atoms with E-state index in [1.807, 2.05) is 0 Å². The summed E-state index contributed by atoms with van der Waals surface area (Å²) in [5.41, 5.74) is 2.23. The second kappa shape index (κ2) is 6.40. The van der Waals surface area contributed by atoms with Gasteiger partial charge in [-0.25, -0.2) is 0 Å². The number of ether oxygens (including phenoxy) is 1. The SMILES string of the molecule is Cn1c(OCCN2CCCC2)nc2cc[c]([Sn]([CH3])([CH3])[CH3])cc21. The molecule has 1 aliphatic heterocycles. The van der Waals surface area contributed by atoms with Crippen molar-refractivity contribution < 1.29 is 4.74 Å². The molecule has 0 bridgehead atoms. The number of aryl methyl sites for hydroxylation is 1. The van der Waals surface area contributed by atoms with E-state index in [4.69, 9.17) is 4.74 Å². The number of aromatic nitrogens is 2. The quantitative estimate of drug-likeness (QED) is 0.713. The zero-order valence-corrected chi connectivity index (χ0v) is 17.1. The van der Waals surface area contributed by atoms with E-state index in [1.54, 1.807) is 0 Å². The Labute approximate surface area is 137 Å². The predicted molar refractivity (Wildman–Crippen MR) is 94.9 cm³/mol. The van der Waals surface area contributed by atoms with Crippen LogP contribution in [-0.2, 0) is 7.05 Å². The Hall–Kier alpha value is -0.751. The normalized spacial score (nSPS) is 16.5. The Morgan fingerprint density at radius 2 is 1.91 bits per heavy atom. The molecule has 2 aromatic rings. The van der Waals surface area contributed by atoms with E-state index in [2.05, 4.69) is 54.5 Å². The van der Waals surface area contributed by atoms with E-state index < -0.39 is 18.4 Å². The summed E-state index contributed by atoms with van der Waals surface area (Å²) in [7, 11) is 2.06. The first-order valence-corrected chi connectivity index (χ1v) is 18.3. The van der Waals surface area contributed by atoms with Gasteiger partial charge in [-0.05, 0) is 0 Å². The van der Waals surface area contributed by atoms with Crippen molar-refractivity contribution in [2.24, 2.45) is 7.05 Å². The van der Waals surface area contributed by atoms with Crippen LogP contribution in [0, 0.1) is 0 Å². The fourth-order valence-electron chi connectivity index (χ4n) is 3.04. The van der Waals surface area contributed by atoms with Crippen LogP contribution in [0.2, 0.25) is 14.8 Å². The third kappa shape index (κ3) is 3.43. The van der Waals surface area contributed by atoms with Gasteiger partial charge >= 0.3 is 137 Å². The van der Waals surface area contributed by atoms with Crippen molar-refractivity contribution in [2.75, 3.05) is 26.2 Å². The van der Waals surface area contributed by atoms with Crippen molar-refractivity contribution in [2.45, 2.75) is 27.7 Å². The molecule has 1 aliphatic rings. The Kier molecular flexibility index (Phi) is 4.69. The van der Waals surface area contributed by atoms with E-state index >= 15 is 0 Å². The number of hydrogen-bond acceptors (Lipinski definition) is 3. The number of likely N-dealkylation sites (tertiary alicyclic amines) is 1. The maximum absolute atomic E-state index is 5.94. The number of hydrogen-bond donors (Lipinski definition) is 0. The molecule has 0 aliphatic carbocycles. The van der Waals surface area contributed by atoms with Crippen LogP contribution in [0.3, 0.4) is 0 Å². The average Bonchev–Trinajstić information content (AvgIpc) is 3.07. The number of imidazole rings is 1. The van der Waals surface area contributed by atoms with Crippen LogP contribution in [0.5, 0.6) is 6.01 Å². The number of benzene rings is 1. The molecule has 0 atom stereocenters. The molecule has 3 rings (SSSR count). The van der Waals surface area contributed by atoms with Crippen LogP contribution < -0.4 is 8.32 Å². The number of fused-ring (bicyclic) bond motifs is 1. The van der Waals surface area contributed by atoms with E-state index in [0.29, 0.717) is 0 Å². The van der Waals surface area contributed by atoms with Crippen LogP contribution in [0.1, 0.15) is 12.8 Å². The van der Waals surface area contributed by atoms with Gasteiger partial charge in [-0.15, -0.1) is 0 Å². The van der Waals surface area contributed by atoms with Gasteiger partial charge in [-0.1, -0.05) is 0 Å². The molecule has 1 saturated heterocycles. The molecule has 1 aromatic heterocycles. The summed E-state index contributed by atoms with van der Waals surface area (Å²) in [4.78, 5) is 14.4. The average molecular weight is 408 g/mol. The Bertz CT molecular complexity index is 654. The summed E-state index contributed by atoms with van der Waals surface area (Å²) < 4.78 is 9.57. The molecule has 120 valence electrons. The van der Waals surface area contributed by atoms with E-state index in [0.717, 1.165) is 24.7 Å². The standard InChI is InChI=1S/C14H18N3O.3CH3.Sn/c1-16-13-7-3-2-6-12(13)15-14(16)18-11-10-17-8-4-5-9-17;;;;/h2,6-7H,4-5,8-11H2,1H3;3*1H3;. The maximum atomic E-state index is 5.94. The Balaban J connectivity index is 1.74. The minimum atomic E-state index is -2.04. The van der Waals surface area contributed by atoms with E-state index in [9.17, 15) is 0 Å². The molecule has 0 unspecified atom stereocenters. The summed E-state index contributed by atoms with van der Waals surface area (Å²) in [6.07, 6.45) is 2.65. The zero-order chi connectivity index (χ0) is 15.7. The van der Waals surface area contributed by atoms with Gasteiger partial charge in [0.2, 0.25) is 0 Å². The fourth-order valence-corrected chi connectivity index (χ4v) is 6.33. The minimum absolute atomic E-state index is 0.725. The molecule has 22 heavy (non-hydrogen) atoms. The van der Waals surface area contributed by atoms with Crippen LogP contribution in [0.15, 0.2) is 18.2 Å². The van der Waals surface area contributed by atoms with Crippen molar-refractivity contribution >= 4 is 33.0 Å². The second-order valence-electron chi connectivity index (χ2n) is 7.30. The monoisotopic (exact) mass is 409 g/mol. The van der Waals surface area contributed by atoms with E-state index in [1.165, 1.54) is 35.0 Å². The van der Waals surface area contributed by atoms with Crippen LogP contribution in [-0.4, -0.2) is 59.1 Å². The van der Waals surface area contributed by atoms with Gasteiger partial charge in [-0.2, -0.15) is 0 Å². The molecule has 5 heteroatoms. The summed E-state index contributed by atoms with van der Waals surface area (Å²) in [6.45, 7) is 4.16. The molecule has 1 fully saturated rings. The van der Waals surface area contributed by atoms with Gasteiger partial charge in [-0.3, -0.25) is 0 Å². The fraction of sp³-hybridized carbons (Fsp3) is 0.588. The number of rotatable bonds is 5. The van der Waals surface area contributed by atoms with Gasteiger partial charge in [0.25, 0.3) is 0 Å². The first-order valence-electron chi connectivity index (χ1n) is 8.27. The van der Waals surface area contributed by atoms with Gasteiger partial charge in [0.05, 0.1) is 0 Å². The summed E-state index contributed by atoms with van der Waals surface area (Å²) in [6, 6.07) is 7.49. The summed E-state index contributed by atoms with van der Waals surface area (Å²) in [5, 5.41) is 0. The third-order valence-corrected chi connectivity index (χ3v) is 10.4. The molecular weight excluding hydrogens is 381 g/mol. The van der Waals surface area contributed by atoms with Crippen LogP contribution in [0.25, 0.3) is 11.0 Å². The van der Waals surface area contributed by atoms with Crippen LogP contribution in [0.4, 0.5) is 0 Å². The topological polar surface area (TPSA) is 30.3 Å². The third-order valence-electron chi connectivity index (χ3n) is 4.54. The number of nitrogens with zero attached hydrogens (tertiary/aromatic N) is 3. The Morgan fingerprint density at radius 1 is 1.18 bits per heavy atom. The van der Waals surface area contributed by atoms with Gasteiger partial charge in [0.1, 0.15) is 0 Å². The predicted octanol–water partition coefficient (Wildman–Crippen LogP) is 2.59. The summed E-state index contributed by atoms with van der Waals surface area (Å²) in [5.74, 6) is 0. The van der Waals surface area contributed by atoms with E-state index in [-0.39, 0.29) is 0 Å². The molecular formula is C17H27N3OSn. The van der Waals surface area contributed by atoms with Gasteiger partial charge in [0.15, 0.2) is 0 Å². The molecule has 0 spiro atoms. The molecule has 0 saturated carbocycles. The molecule has 2 heterocycles. The van der Waals surface area contributed by atoms with Gasteiger partial charge in [0, 0.05) is 0 Å². The van der Waals surface area contributed by atoms with Crippen molar-refractivity contribution in [1.82, 2.24) is 14.5 Å². The second-order valence-corrected chi connectivity index (χ2v) is 21.8. The van der Waals surface area contributed by atoms with Crippen molar-refractivity contribution in [3.63, 3.8) is 0 Å². The molecule has 4 nitrogen and oxygen atoms in total. The van der Waals surface area contributed by atoms with Gasteiger partial charge < -0.3 is 0 Å². The first-order chi connectivity index (χ1) is 10.4. The zero-order valence-electron chi connectivity index (χ0n) is 14.2. The Morgan fingerprint density at radius 3 is 2.59 bits per heavy atom. The van der Waals surface area contributed by atoms with Crippen LogP contribution >= 0.6 is 0 Å². The molecule has 0 N–H and O–H groups in total. The van der Waals surface area contributed by atoms with Crippen molar-refractivity contribution in [3.8, 4) is 6.01 Å².